The second kappa shape index (κ2) is 5.99. The van der Waals surface area contributed by atoms with E-state index in [1.807, 2.05) is 0 Å². The van der Waals surface area contributed by atoms with Crippen molar-refractivity contribution in [3.8, 4) is 0 Å². The van der Waals surface area contributed by atoms with Crippen molar-refractivity contribution < 1.29 is 5.11 Å². The average molecular weight is 217 g/mol. The second-order valence-corrected chi connectivity index (χ2v) is 5.90. The Labute approximate surface area is 91.9 Å². The average Bonchev–Trinajstić information content (AvgIpc) is 2.14. The Morgan fingerprint density at radius 3 is 2.86 bits per heavy atom. The first-order valence-electron chi connectivity index (χ1n) is 5.59. The number of thioether (sulfide) groups is 1. The fraction of sp³-hybridized carbons (Fsp3) is 1.00. The minimum absolute atomic E-state index is 0.324. The van der Waals surface area contributed by atoms with Gasteiger partial charge in [-0.3, -0.25) is 0 Å². The molecule has 2 nitrogen and oxygen atoms in total. The molecule has 1 aliphatic heterocycles. The van der Waals surface area contributed by atoms with Crippen molar-refractivity contribution in [2.45, 2.75) is 39.2 Å². The quantitative estimate of drug-likeness (QED) is 0.690. The van der Waals surface area contributed by atoms with Crippen molar-refractivity contribution in [1.82, 2.24) is 5.32 Å². The van der Waals surface area contributed by atoms with Crippen LogP contribution in [0.5, 0.6) is 0 Å². The van der Waals surface area contributed by atoms with Crippen LogP contribution in [-0.2, 0) is 0 Å². The summed E-state index contributed by atoms with van der Waals surface area (Å²) in [5, 5.41) is 12.3. The lowest BCUT2D eigenvalue weighted by Crippen LogP contribution is -2.46. The molecular formula is C11H23NOS. The topological polar surface area (TPSA) is 32.3 Å². The fourth-order valence-corrected chi connectivity index (χ4v) is 3.43. The SMILES string of the molecule is CC1(C)CCSCC1NCCCCO. The summed E-state index contributed by atoms with van der Waals surface area (Å²) in [6.07, 6.45) is 3.33. The van der Waals surface area contributed by atoms with E-state index in [-0.39, 0.29) is 0 Å². The highest BCUT2D eigenvalue weighted by molar-refractivity contribution is 7.99. The van der Waals surface area contributed by atoms with Crippen LogP contribution in [0.4, 0.5) is 0 Å². The largest absolute Gasteiger partial charge is 0.396 e. The fourth-order valence-electron chi connectivity index (χ4n) is 1.78. The van der Waals surface area contributed by atoms with Gasteiger partial charge in [0.25, 0.3) is 0 Å². The summed E-state index contributed by atoms with van der Waals surface area (Å²) in [5.41, 5.74) is 0.449. The van der Waals surface area contributed by atoms with E-state index in [0.717, 1.165) is 19.4 Å². The first-order valence-corrected chi connectivity index (χ1v) is 6.74. The van der Waals surface area contributed by atoms with Gasteiger partial charge in [-0.1, -0.05) is 13.8 Å². The monoisotopic (exact) mass is 217 g/mol. The van der Waals surface area contributed by atoms with Crippen LogP contribution in [0.3, 0.4) is 0 Å². The highest BCUT2D eigenvalue weighted by Gasteiger charge is 2.31. The van der Waals surface area contributed by atoms with Crippen LogP contribution in [0.25, 0.3) is 0 Å². The second-order valence-electron chi connectivity index (χ2n) is 4.75. The van der Waals surface area contributed by atoms with Crippen LogP contribution in [-0.4, -0.2) is 35.8 Å². The summed E-state index contributed by atoms with van der Waals surface area (Å²) in [6.45, 7) is 6.09. The molecule has 0 aromatic carbocycles. The van der Waals surface area contributed by atoms with Gasteiger partial charge in [0.2, 0.25) is 0 Å². The van der Waals surface area contributed by atoms with Crippen molar-refractivity contribution in [3.63, 3.8) is 0 Å². The number of aliphatic hydroxyl groups excluding tert-OH is 1. The number of aliphatic hydroxyl groups is 1. The van der Waals surface area contributed by atoms with Crippen LogP contribution in [0, 0.1) is 5.41 Å². The zero-order chi connectivity index (χ0) is 10.4. The minimum atomic E-state index is 0.324. The van der Waals surface area contributed by atoms with Crippen molar-refractivity contribution in [3.05, 3.63) is 0 Å². The van der Waals surface area contributed by atoms with E-state index in [2.05, 4.69) is 30.9 Å². The molecule has 1 atom stereocenters. The first-order chi connectivity index (χ1) is 6.67. The van der Waals surface area contributed by atoms with Crippen molar-refractivity contribution in [2.24, 2.45) is 5.41 Å². The van der Waals surface area contributed by atoms with E-state index in [1.54, 1.807) is 0 Å². The lowest BCUT2D eigenvalue weighted by atomic mass is 9.82. The predicted molar refractivity (Wildman–Crippen MR) is 63.8 cm³/mol. The van der Waals surface area contributed by atoms with Crippen LogP contribution < -0.4 is 5.32 Å². The zero-order valence-corrected chi connectivity index (χ0v) is 10.2. The maximum absolute atomic E-state index is 8.67. The highest BCUT2D eigenvalue weighted by Crippen LogP contribution is 2.33. The number of hydrogen-bond donors (Lipinski definition) is 2. The van der Waals surface area contributed by atoms with Crippen LogP contribution in [0.2, 0.25) is 0 Å². The van der Waals surface area contributed by atoms with E-state index in [1.165, 1.54) is 17.9 Å². The Bertz CT molecular complexity index is 161. The van der Waals surface area contributed by atoms with Gasteiger partial charge < -0.3 is 10.4 Å². The molecule has 0 bridgehead atoms. The maximum atomic E-state index is 8.67. The van der Waals surface area contributed by atoms with Gasteiger partial charge >= 0.3 is 0 Å². The van der Waals surface area contributed by atoms with Crippen molar-refractivity contribution in [2.75, 3.05) is 24.7 Å². The summed E-state index contributed by atoms with van der Waals surface area (Å²) >= 11 is 2.06. The minimum Gasteiger partial charge on any atom is -0.396 e. The lowest BCUT2D eigenvalue weighted by Gasteiger charge is -2.39. The normalized spacial score (nSPS) is 26.4. The Morgan fingerprint density at radius 1 is 1.43 bits per heavy atom. The molecule has 0 aromatic heterocycles. The zero-order valence-electron chi connectivity index (χ0n) is 9.38. The standard InChI is InChI=1S/C11H23NOS/c1-11(2)5-8-14-9-10(11)12-6-3-4-7-13/h10,12-13H,3-9H2,1-2H3. The third-order valence-corrected chi connectivity index (χ3v) is 4.16. The smallest absolute Gasteiger partial charge is 0.0431 e. The Kier molecular flexibility index (Phi) is 5.28. The summed E-state index contributed by atoms with van der Waals surface area (Å²) < 4.78 is 0. The molecule has 0 aliphatic carbocycles. The molecule has 1 fully saturated rings. The van der Waals surface area contributed by atoms with Crippen LogP contribution in [0.15, 0.2) is 0 Å². The molecule has 3 heteroatoms. The van der Waals surface area contributed by atoms with Gasteiger partial charge in [0.05, 0.1) is 0 Å². The van der Waals surface area contributed by atoms with Gasteiger partial charge in [-0.25, -0.2) is 0 Å². The molecule has 1 aliphatic rings. The van der Waals surface area contributed by atoms with Gasteiger partial charge in [0.1, 0.15) is 0 Å². The van der Waals surface area contributed by atoms with E-state index >= 15 is 0 Å². The van der Waals surface area contributed by atoms with Gasteiger partial charge in [-0.2, -0.15) is 11.8 Å². The molecule has 2 N–H and O–H groups in total. The number of nitrogens with one attached hydrogen (secondary N) is 1. The first kappa shape index (κ1) is 12.3. The van der Waals surface area contributed by atoms with Crippen LogP contribution >= 0.6 is 11.8 Å². The van der Waals surface area contributed by atoms with E-state index in [4.69, 9.17) is 5.11 Å². The summed E-state index contributed by atoms with van der Waals surface area (Å²) in [7, 11) is 0. The van der Waals surface area contributed by atoms with E-state index < -0.39 is 0 Å². The molecule has 1 unspecified atom stereocenters. The molecule has 84 valence electrons. The molecule has 1 heterocycles. The van der Waals surface area contributed by atoms with Crippen LogP contribution in [0.1, 0.15) is 33.1 Å². The molecule has 0 spiro atoms. The van der Waals surface area contributed by atoms with E-state index in [9.17, 15) is 0 Å². The molecule has 0 saturated carbocycles. The summed E-state index contributed by atoms with van der Waals surface area (Å²) in [4.78, 5) is 0. The van der Waals surface area contributed by atoms with Gasteiger partial charge in [-0.05, 0) is 37.0 Å². The third-order valence-electron chi connectivity index (χ3n) is 3.09. The maximum Gasteiger partial charge on any atom is 0.0431 e. The Balaban J connectivity index is 2.20. The summed E-state index contributed by atoms with van der Waals surface area (Å²) in [5.74, 6) is 2.55. The molecular weight excluding hydrogens is 194 g/mol. The van der Waals surface area contributed by atoms with Crippen molar-refractivity contribution in [1.29, 1.82) is 0 Å². The summed E-state index contributed by atoms with van der Waals surface area (Å²) in [6, 6.07) is 0.653. The van der Waals surface area contributed by atoms with Crippen molar-refractivity contribution >= 4 is 11.8 Å². The Morgan fingerprint density at radius 2 is 2.21 bits per heavy atom. The van der Waals surface area contributed by atoms with E-state index in [0.29, 0.717) is 18.1 Å². The number of rotatable bonds is 5. The molecule has 1 rings (SSSR count). The molecule has 0 amide bonds. The van der Waals surface area contributed by atoms with Gasteiger partial charge in [0.15, 0.2) is 0 Å². The molecule has 0 aromatic rings. The molecule has 0 radical (unpaired) electrons. The predicted octanol–water partition coefficient (Wildman–Crippen LogP) is 1.88. The molecule has 14 heavy (non-hydrogen) atoms. The number of hydrogen-bond acceptors (Lipinski definition) is 3. The number of unbranched alkanes of at least 4 members (excludes halogenated alkanes) is 1. The molecule has 1 saturated heterocycles. The van der Waals surface area contributed by atoms with Gasteiger partial charge in [-0.15, -0.1) is 0 Å². The van der Waals surface area contributed by atoms with Gasteiger partial charge in [0, 0.05) is 18.4 Å². The lowest BCUT2D eigenvalue weighted by molar-refractivity contribution is 0.240. The highest BCUT2D eigenvalue weighted by atomic mass is 32.2. The third kappa shape index (κ3) is 3.79. The Hall–Kier alpha value is 0.270.